The van der Waals surface area contributed by atoms with Crippen LogP contribution >= 0.6 is 15.9 Å². The molecule has 2 aliphatic rings. The van der Waals surface area contributed by atoms with Crippen molar-refractivity contribution in [2.24, 2.45) is 0 Å². The number of amides is 1. The minimum Gasteiger partial charge on any atom is -0.465 e. The highest BCUT2D eigenvalue weighted by atomic mass is 79.9. The molecule has 1 spiro atoms. The Balaban J connectivity index is 2.17. The van der Waals surface area contributed by atoms with Crippen molar-refractivity contribution in [3.05, 3.63) is 33.3 Å². The Bertz CT molecular complexity index is 578. The normalized spacial score (nSPS) is 19.4. The lowest BCUT2D eigenvalue weighted by Crippen LogP contribution is -2.51. The van der Waals surface area contributed by atoms with Crippen LogP contribution in [0, 0.1) is 0 Å². The lowest BCUT2D eigenvalue weighted by atomic mass is 9.62. The SMILES string of the molecule is COC(=O)c1cc(Br)c2c(c1)C(=O)NCC21CCC1. The van der Waals surface area contributed by atoms with E-state index in [4.69, 9.17) is 4.74 Å². The third kappa shape index (κ3) is 1.79. The summed E-state index contributed by atoms with van der Waals surface area (Å²) in [5, 5.41) is 2.93. The van der Waals surface area contributed by atoms with Crippen molar-refractivity contribution in [3.8, 4) is 0 Å². The fourth-order valence-electron chi connectivity index (χ4n) is 3.02. The predicted molar refractivity (Wildman–Crippen MR) is 73.3 cm³/mol. The molecule has 19 heavy (non-hydrogen) atoms. The van der Waals surface area contributed by atoms with Crippen LogP contribution in [0.4, 0.5) is 0 Å². The van der Waals surface area contributed by atoms with Crippen LogP contribution < -0.4 is 5.32 Å². The maximum atomic E-state index is 12.0. The van der Waals surface area contributed by atoms with E-state index in [9.17, 15) is 9.59 Å². The molecule has 1 aliphatic carbocycles. The highest BCUT2D eigenvalue weighted by Crippen LogP contribution is 2.49. The Hall–Kier alpha value is -1.36. The molecular weight excluding hydrogens is 310 g/mol. The van der Waals surface area contributed by atoms with E-state index in [-0.39, 0.29) is 11.3 Å². The van der Waals surface area contributed by atoms with Crippen molar-refractivity contribution in [1.82, 2.24) is 5.32 Å². The molecule has 1 saturated carbocycles. The van der Waals surface area contributed by atoms with E-state index in [2.05, 4.69) is 21.2 Å². The van der Waals surface area contributed by atoms with Gasteiger partial charge in [0, 0.05) is 22.0 Å². The van der Waals surface area contributed by atoms with E-state index in [0.717, 1.165) is 22.9 Å². The van der Waals surface area contributed by atoms with Crippen LogP contribution in [0.2, 0.25) is 0 Å². The standard InChI is InChI=1S/C14H14BrNO3/c1-19-13(18)8-5-9-11(10(15)6-8)14(3-2-4-14)7-16-12(9)17/h5-6H,2-4,7H2,1H3,(H,16,17). The highest BCUT2D eigenvalue weighted by molar-refractivity contribution is 9.10. The highest BCUT2D eigenvalue weighted by Gasteiger charge is 2.45. The van der Waals surface area contributed by atoms with Crippen molar-refractivity contribution < 1.29 is 14.3 Å². The van der Waals surface area contributed by atoms with E-state index < -0.39 is 5.97 Å². The van der Waals surface area contributed by atoms with Gasteiger partial charge in [0.15, 0.2) is 0 Å². The topological polar surface area (TPSA) is 55.4 Å². The van der Waals surface area contributed by atoms with Crippen LogP contribution in [0.3, 0.4) is 0 Å². The van der Waals surface area contributed by atoms with E-state index in [1.165, 1.54) is 13.5 Å². The lowest BCUT2D eigenvalue weighted by Gasteiger charge is -2.46. The Kier molecular flexibility index (Phi) is 2.89. The lowest BCUT2D eigenvalue weighted by molar-refractivity contribution is 0.0600. The molecule has 1 fully saturated rings. The molecule has 1 amide bonds. The minimum atomic E-state index is -0.426. The molecular formula is C14H14BrNO3. The summed E-state index contributed by atoms with van der Waals surface area (Å²) in [6.45, 7) is 0.689. The van der Waals surface area contributed by atoms with Gasteiger partial charge in [0.05, 0.1) is 12.7 Å². The second kappa shape index (κ2) is 4.34. The average Bonchev–Trinajstić information content (AvgIpc) is 2.37. The van der Waals surface area contributed by atoms with E-state index in [0.29, 0.717) is 17.7 Å². The summed E-state index contributed by atoms with van der Waals surface area (Å²) >= 11 is 3.52. The van der Waals surface area contributed by atoms with Gasteiger partial charge in [-0.2, -0.15) is 0 Å². The number of esters is 1. The predicted octanol–water partition coefficient (Wildman–Crippen LogP) is 2.40. The number of halogens is 1. The molecule has 100 valence electrons. The van der Waals surface area contributed by atoms with Gasteiger partial charge in [0.25, 0.3) is 5.91 Å². The van der Waals surface area contributed by atoms with Gasteiger partial charge in [0.2, 0.25) is 0 Å². The van der Waals surface area contributed by atoms with Crippen LogP contribution in [0.1, 0.15) is 45.5 Å². The number of hydrogen-bond donors (Lipinski definition) is 1. The zero-order valence-corrected chi connectivity index (χ0v) is 12.2. The zero-order valence-electron chi connectivity index (χ0n) is 10.6. The Labute approximate surface area is 119 Å². The third-order valence-corrected chi connectivity index (χ3v) is 4.81. The molecule has 3 rings (SSSR count). The molecule has 1 N–H and O–H groups in total. The first-order valence-electron chi connectivity index (χ1n) is 6.28. The summed E-state index contributed by atoms with van der Waals surface area (Å²) in [5.74, 6) is -0.538. The average molecular weight is 324 g/mol. The molecule has 0 atom stereocenters. The molecule has 5 heteroatoms. The van der Waals surface area contributed by atoms with Gasteiger partial charge in [-0.05, 0) is 30.5 Å². The van der Waals surface area contributed by atoms with Crippen molar-refractivity contribution in [2.45, 2.75) is 24.7 Å². The van der Waals surface area contributed by atoms with Crippen molar-refractivity contribution in [3.63, 3.8) is 0 Å². The number of nitrogens with one attached hydrogen (secondary N) is 1. The second-order valence-corrected chi connectivity index (χ2v) is 6.04. The van der Waals surface area contributed by atoms with Crippen LogP contribution in [0.15, 0.2) is 16.6 Å². The molecule has 0 saturated heterocycles. The number of hydrogen-bond acceptors (Lipinski definition) is 3. The number of ether oxygens (including phenoxy) is 1. The quantitative estimate of drug-likeness (QED) is 0.807. The number of benzene rings is 1. The molecule has 0 aromatic heterocycles. The first-order valence-corrected chi connectivity index (χ1v) is 7.07. The fraction of sp³-hybridized carbons (Fsp3) is 0.429. The first kappa shape index (κ1) is 12.7. The van der Waals surface area contributed by atoms with Gasteiger partial charge < -0.3 is 10.1 Å². The molecule has 1 aromatic rings. The van der Waals surface area contributed by atoms with Crippen LogP contribution in [-0.2, 0) is 10.2 Å². The fourth-order valence-corrected chi connectivity index (χ4v) is 3.90. The van der Waals surface area contributed by atoms with E-state index >= 15 is 0 Å². The number of carbonyl (C=O) groups is 2. The summed E-state index contributed by atoms with van der Waals surface area (Å²) in [7, 11) is 1.34. The molecule has 1 aliphatic heterocycles. The number of carbonyl (C=O) groups excluding carboxylic acids is 2. The second-order valence-electron chi connectivity index (χ2n) is 5.19. The summed E-state index contributed by atoms with van der Waals surface area (Å²) in [6, 6.07) is 3.39. The molecule has 1 aromatic carbocycles. The number of rotatable bonds is 1. The molecule has 0 unspecified atom stereocenters. The molecule has 0 radical (unpaired) electrons. The van der Waals surface area contributed by atoms with Gasteiger partial charge in [0.1, 0.15) is 0 Å². The van der Waals surface area contributed by atoms with E-state index in [1.54, 1.807) is 12.1 Å². The van der Waals surface area contributed by atoms with Gasteiger partial charge in [-0.25, -0.2) is 4.79 Å². The van der Waals surface area contributed by atoms with Gasteiger partial charge in [-0.1, -0.05) is 22.4 Å². The van der Waals surface area contributed by atoms with Crippen molar-refractivity contribution in [1.29, 1.82) is 0 Å². The summed E-state index contributed by atoms with van der Waals surface area (Å²) < 4.78 is 5.55. The maximum absolute atomic E-state index is 12.0. The van der Waals surface area contributed by atoms with Gasteiger partial charge in [-0.3, -0.25) is 4.79 Å². The largest absolute Gasteiger partial charge is 0.465 e. The molecule has 4 nitrogen and oxygen atoms in total. The Morgan fingerprint density at radius 1 is 1.42 bits per heavy atom. The zero-order chi connectivity index (χ0) is 13.6. The smallest absolute Gasteiger partial charge is 0.337 e. The third-order valence-electron chi connectivity index (χ3n) is 4.18. The minimum absolute atomic E-state index is 0.0523. The van der Waals surface area contributed by atoms with E-state index in [1.807, 2.05) is 0 Å². The van der Waals surface area contributed by atoms with Gasteiger partial charge in [-0.15, -0.1) is 0 Å². The van der Waals surface area contributed by atoms with Crippen molar-refractivity contribution in [2.75, 3.05) is 13.7 Å². The van der Waals surface area contributed by atoms with Crippen LogP contribution in [-0.4, -0.2) is 25.5 Å². The summed E-state index contributed by atoms with van der Waals surface area (Å²) in [4.78, 5) is 23.7. The summed E-state index contributed by atoms with van der Waals surface area (Å²) in [6.07, 6.45) is 3.34. The van der Waals surface area contributed by atoms with Crippen LogP contribution in [0.25, 0.3) is 0 Å². The Morgan fingerprint density at radius 2 is 2.16 bits per heavy atom. The van der Waals surface area contributed by atoms with Crippen LogP contribution in [0.5, 0.6) is 0 Å². The molecule has 0 bridgehead atoms. The number of methoxy groups -OCH3 is 1. The molecule has 1 heterocycles. The first-order chi connectivity index (χ1) is 9.07. The monoisotopic (exact) mass is 323 g/mol. The Morgan fingerprint density at radius 3 is 2.74 bits per heavy atom. The van der Waals surface area contributed by atoms with Gasteiger partial charge >= 0.3 is 5.97 Å². The maximum Gasteiger partial charge on any atom is 0.337 e. The summed E-state index contributed by atoms with van der Waals surface area (Å²) in [5.41, 5.74) is 2.10. The van der Waals surface area contributed by atoms with Crippen molar-refractivity contribution >= 4 is 27.8 Å². The number of fused-ring (bicyclic) bond motifs is 2.